The van der Waals surface area contributed by atoms with Crippen LogP contribution >= 0.6 is 0 Å². The molecule has 0 fully saturated rings. The number of nitrogens with zero attached hydrogens (tertiary/aromatic N) is 2. The first kappa shape index (κ1) is 16.9. The average Bonchev–Trinajstić information content (AvgIpc) is 3.01. The van der Waals surface area contributed by atoms with E-state index in [-0.39, 0.29) is 5.91 Å². The highest BCUT2D eigenvalue weighted by molar-refractivity contribution is 5.85. The van der Waals surface area contributed by atoms with Crippen molar-refractivity contribution in [3.8, 4) is 0 Å². The second-order valence-electron chi connectivity index (χ2n) is 7.20. The number of aromatic nitrogens is 1. The quantitative estimate of drug-likeness (QED) is 0.785. The van der Waals surface area contributed by atoms with E-state index in [0.717, 1.165) is 26.2 Å². The second kappa shape index (κ2) is 7.34. The number of nitrogens with one attached hydrogen (secondary N) is 1. The van der Waals surface area contributed by atoms with E-state index >= 15 is 0 Å². The first-order chi connectivity index (χ1) is 12.7. The summed E-state index contributed by atoms with van der Waals surface area (Å²) >= 11 is 0. The van der Waals surface area contributed by atoms with Crippen LogP contribution in [0, 0.1) is 5.92 Å². The van der Waals surface area contributed by atoms with E-state index in [2.05, 4.69) is 75.6 Å². The molecule has 4 rings (SSSR count). The number of rotatable bonds is 4. The zero-order valence-electron chi connectivity index (χ0n) is 15.2. The largest absolute Gasteiger partial charge is 0.359 e. The van der Waals surface area contributed by atoms with E-state index in [9.17, 15) is 4.79 Å². The summed E-state index contributed by atoms with van der Waals surface area (Å²) in [5.41, 5.74) is 2.67. The molecule has 134 valence electrons. The smallest absolute Gasteiger partial charge is 0.220 e. The lowest BCUT2D eigenvalue weighted by atomic mass is 10.0. The van der Waals surface area contributed by atoms with Gasteiger partial charge in [0.1, 0.15) is 0 Å². The van der Waals surface area contributed by atoms with Gasteiger partial charge in [0.05, 0.1) is 0 Å². The first-order valence-electron chi connectivity index (χ1n) is 9.26. The van der Waals surface area contributed by atoms with Crippen LogP contribution < -0.4 is 5.32 Å². The van der Waals surface area contributed by atoms with Crippen molar-refractivity contribution in [2.75, 3.05) is 13.6 Å². The van der Waals surface area contributed by atoms with Crippen LogP contribution in [0.5, 0.6) is 0 Å². The van der Waals surface area contributed by atoms with Crippen molar-refractivity contribution in [3.05, 3.63) is 72.1 Å². The van der Waals surface area contributed by atoms with Crippen molar-refractivity contribution in [2.45, 2.75) is 26.1 Å². The van der Waals surface area contributed by atoms with Crippen molar-refractivity contribution in [1.82, 2.24) is 14.8 Å². The highest BCUT2D eigenvalue weighted by Gasteiger charge is 2.23. The van der Waals surface area contributed by atoms with Gasteiger partial charge in [-0.3, -0.25) is 9.69 Å². The van der Waals surface area contributed by atoms with Gasteiger partial charge in [0.2, 0.25) is 5.91 Å². The molecular weight excluding hydrogens is 322 g/mol. The lowest BCUT2D eigenvalue weighted by Crippen LogP contribution is -2.31. The Morgan fingerprint density at radius 3 is 2.81 bits per heavy atom. The first-order valence-corrected chi connectivity index (χ1v) is 9.26. The average molecular weight is 347 g/mol. The summed E-state index contributed by atoms with van der Waals surface area (Å²) < 4.78 is 2.30. The molecule has 1 atom stereocenters. The molecule has 3 aromatic rings. The fourth-order valence-corrected chi connectivity index (χ4v) is 4.05. The Balaban J connectivity index is 1.61. The van der Waals surface area contributed by atoms with Crippen molar-refractivity contribution in [2.24, 2.45) is 5.92 Å². The van der Waals surface area contributed by atoms with E-state index in [0.29, 0.717) is 12.3 Å². The predicted octanol–water partition coefficient (Wildman–Crippen LogP) is 3.41. The van der Waals surface area contributed by atoms with Crippen molar-refractivity contribution in [1.29, 1.82) is 0 Å². The maximum absolute atomic E-state index is 11.9. The molecule has 1 aliphatic heterocycles. The Morgan fingerprint density at radius 1 is 1.08 bits per heavy atom. The number of carbonyl (C=O) groups is 1. The van der Waals surface area contributed by atoms with Crippen LogP contribution in [0.2, 0.25) is 0 Å². The molecule has 0 aliphatic carbocycles. The molecule has 2 heterocycles. The van der Waals surface area contributed by atoms with Crippen LogP contribution in [0.15, 0.2) is 60.8 Å². The number of carbonyl (C=O) groups excluding carboxylic acids is 1. The third-order valence-corrected chi connectivity index (χ3v) is 5.31. The Labute approximate surface area is 154 Å². The van der Waals surface area contributed by atoms with Gasteiger partial charge in [-0.1, -0.05) is 42.5 Å². The Morgan fingerprint density at radius 2 is 1.92 bits per heavy atom. The molecule has 2 aromatic carbocycles. The molecule has 0 bridgehead atoms. The lowest BCUT2D eigenvalue weighted by Gasteiger charge is -2.24. The van der Waals surface area contributed by atoms with Crippen molar-refractivity contribution in [3.63, 3.8) is 0 Å². The molecule has 4 heteroatoms. The normalized spacial score (nSPS) is 17.7. The monoisotopic (exact) mass is 347 g/mol. The highest BCUT2D eigenvalue weighted by Crippen LogP contribution is 2.24. The molecule has 0 spiro atoms. The molecule has 1 unspecified atom stereocenters. The number of fused-ring (bicyclic) bond motifs is 2. The number of benzene rings is 2. The van der Waals surface area contributed by atoms with E-state index in [4.69, 9.17) is 0 Å². The topological polar surface area (TPSA) is 37.3 Å². The summed E-state index contributed by atoms with van der Waals surface area (Å²) in [6.07, 6.45) is 2.70. The zero-order chi connectivity index (χ0) is 17.9. The minimum atomic E-state index is 0.121. The molecule has 0 saturated heterocycles. The third kappa shape index (κ3) is 3.51. The minimum absolute atomic E-state index is 0.121. The second-order valence-corrected chi connectivity index (χ2v) is 7.20. The number of hydrogen-bond acceptors (Lipinski definition) is 2. The highest BCUT2D eigenvalue weighted by atomic mass is 16.1. The van der Waals surface area contributed by atoms with E-state index < -0.39 is 0 Å². The molecule has 1 N–H and O–H groups in total. The van der Waals surface area contributed by atoms with Gasteiger partial charge in [-0.25, -0.2) is 0 Å². The van der Waals surface area contributed by atoms with Gasteiger partial charge in [0.25, 0.3) is 0 Å². The van der Waals surface area contributed by atoms with Gasteiger partial charge in [-0.05, 0) is 34.4 Å². The van der Waals surface area contributed by atoms with Crippen LogP contribution in [0.25, 0.3) is 10.8 Å². The van der Waals surface area contributed by atoms with Gasteiger partial charge in [0, 0.05) is 51.5 Å². The summed E-state index contributed by atoms with van der Waals surface area (Å²) in [6.45, 7) is 3.65. The third-order valence-electron chi connectivity index (χ3n) is 5.31. The summed E-state index contributed by atoms with van der Waals surface area (Å²) in [5.74, 6) is 0.439. The van der Waals surface area contributed by atoms with Gasteiger partial charge in [-0.2, -0.15) is 0 Å². The SMILES string of the molecule is CNC(=O)CC1CN(Cc2cccc3ccccc23)Cc2cccn2C1. The number of hydrogen-bond donors (Lipinski definition) is 1. The maximum Gasteiger partial charge on any atom is 0.220 e. The predicted molar refractivity (Wildman–Crippen MR) is 105 cm³/mol. The van der Waals surface area contributed by atoms with Crippen LogP contribution in [-0.4, -0.2) is 29.0 Å². The standard InChI is InChI=1S/C22H25N3O/c1-23-22(26)12-17-13-24(16-20-9-5-11-25(20)14-17)15-19-8-4-7-18-6-2-3-10-21(18)19/h2-11,17H,12-16H2,1H3,(H,23,26). The molecular formula is C22H25N3O. The van der Waals surface area contributed by atoms with Gasteiger partial charge in [0.15, 0.2) is 0 Å². The summed E-state index contributed by atoms with van der Waals surface area (Å²) in [7, 11) is 1.72. The van der Waals surface area contributed by atoms with Crippen LogP contribution in [-0.2, 0) is 24.4 Å². The fraction of sp³-hybridized carbons (Fsp3) is 0.318. The van der Waals surface area contributed by atoms with Crippen molar-refractivity contribution < 1.29 is 4.79 Å². The zero-order valence-corrected chi connectivity index (χ0v) is 15.2. The molecule has 1 aromatic heterocycles. The van der Waals surface area contributed by atoms with Crippen LogP contribution in [0.4, 0.5) is 0 Å². The van der Waals surface area contributed by atoms with Gasteiger partial charge in [-0.15, -0.1) is 0 Å². The van der Waals surface area contributed by atoms with E-state index in [1.54, 1.807) is 7.05 Å². The minimum Gasteiger partial charge on any atom is -0.359 e. The molecule has 1 aliphatic rings. The molecule has 1 amide bonds. The summed E-state index contributed by atoms with van der Waals surface area (Å²) in [5, 5.41) is 5.37. The van der Waals surface area contributed by atoms with Gasteiger partial charge < -0.3 is 9.88 Å². The molecule has 4 nitrogen and oxygen atoms in total. The fourth-order valence-electron chi connectivity index (χ4n) is 4.05. The summed E-state index contributed by atoms with van der Waals surface area (Å²) in [4.78, 5) is 14.4. The Kier molecular flexibility index (Phi) is 4.76. The number of amides is 1. The molecule has 0 saturated carbocycles. The molecule has 0 radical (unpaired) electrons. The van der Waals surface area contributed by atoms with E-state index in [1.165, 1.54) is 22.0 Å². The Hall–Kier alpha value is -2.59. The summed E-state index contributed by atoms with van der Waals surface area (Å²) in [6, 6.07) is 19.4. The van der Waals surface area contributed by atoms with Crippen molar-refractivity contribution >= 4 is 16.7 Å². The Bertz CT molecular complexity index is 909. The van der Waals surface area contributed by atoms with Gasteiger partial charge >= 0.3 is 0 Å². The molecule has 26 heavy (non-hydrogen) atoms. The van der Waals surface area contributed by atoms with E-state index in [1.807, 2.05) is 0 Å². The van der Waals surface area contributed by atoms with Crippen LogP contribution in [0.3, 0.4) is 0 Å². The lowest BCUT2D eigenvalue weighted by molar-refractivity contribution is -0.121. The van der Waals surface area contributed by atoms with Crippen LogP contribution in [0.1, 0.15) is 17.7 Å². The maximum atomic E-state index is 11.9.